The molecule has 166 valence electrons. The molecular formula is C22H20N2O7S. The molecule has 1 aromatic heterocycles. The molecule has 0 fully saturated rings. The van der Waals surface area contributed by atoms with Gasteiger partial charge in [0.1, 0.15) is 0 Å². The van der Waals surface area contributed by atoms with Crippen LogP contribution in [0, 0.1) is 10.1 Å². The average Bonchev–Trinajstić information content (AvgIpc) is 3.21. The predicted molar refractivity (Wildman–Crippen MR) is 120 cm³/mol. The molecule has 3 rings (SSSR count). The highest BCUT2D eigenvalue weighted by Crippen LogP contribution is 2.36. The molecule has 1 heterocycles. The number of hydrogen-bond donors (Lipinski definition) is 2. The third kappa shape index (κ3) is 5.22. The summed E-state index contributed by atoms with van der Waals surface area (Å²) in [6, 6.07) is 13.3. The molecule has 2 aromatic carbocycles. The van der Waals surface area contributed by atoms with Crippen LogP contribution in [-0.2, 0) is 22.4 Å². The Morgan fingerprint density at radius 3 is 2.41 bits per heavy atom. The second kappa shape index (κ2) is 9.92. The van der Waals surface area contributed by atoms with Crippen molar-refractivity contribution >= 4 is 34.6 Å². The van der Waals surface area contributed by atoms with E-state index in [4.69, 9.17) is 14.6 Å². The van der Waals surface area contributed by atoms with Gasteiger partial charge in [-0.25, -0.2) is 0 Å². The quantitative estimate of drug-likeness (QED) is 0.366. The van der Waals surface area contributed by atoms with Crippen LogP contribution in [0.3, 0.4) is 0 Å². The molecule has 10 heteroatoms. The van der Waals surface area contributed by atoms with Gasteiger partial charge in [0, 0.05) is 26.6 Å². The topological polar surface area (TPSA) is 128 Å². The van der Waals surface area contributed by atoms with Gasteiger partial charge < -0.3 is 19.9 Å². The number of anilines is 1. The van der Waals surface area contributed by atoms with Gasteiger partial charge in [0.05, 0.1) is 38.1 Å². The number of methoxy groups -OCH3 is 2. The standard InChI is InChI=1S/C22H20N2O7S/c1-30-18-9-13(17(24(28)29)12-19(18)31-2)10-21(25)23-16-6-4-3-5-15(16)20-8-7-14(32-20)11-22(26)27/h3-9,12H,10-11H2,1-2H3,(H,23,25)(H,26,27). The van der Waals surface area contributed by atoms with Gasteiger partial charge in [-0.2, -0.15) is 0 Å². The number of amides is 1. The predicted octanol–water partition coefficient (Wildman–Crippen LogP) is 4.15. The number of nitro groups is 1. The van der Waals surface area contributed by atoms with E-state index in [2.05, 4.69) is 5.32 Å². The van der Waals surface area contributed by atoms with E-state index in [9.17, 15) is 19.7 Å². The molecule has 0 aliphatic heterocycles. The highest BCUT2D eigenvalue weighted by atomic mass is 32.1. The number of rotatable bonds is 9. The first kappa shape index (κ1) is 22.8. The van der Waals surface area contributed by atoms with Crippen LogP contribution in [0.2, 0.25) is 0 Å². The van der Waals surface area contributed by atoms with E-state index in [0.717, 1.165) is 10.4 Å². The monoisotopic (exact) mass is 456 g/mol. The maximum absolute atomic E-state index is 12.8. The third-order valence-electron chi connectivity index (χ3n) is 4.59. The minimum Gasteiger partial charge on any atom is -0.493 e. The van der Waals surface area contributed by atoms with Gasteiger partial charge in [-0.3, -0.25) is 19.7 Å². The molecule has 0 unspecified atom stereocenters. The number of carbonyl (C=O) groups excluding carboxylic acids is 1. The van der Waals surface area contributed by atoms with E-state index in [1.807, 2.05) is 6.07 Å². The Balaban J connectivity index is 1.86. The Labute approximate surface area is 187 Å². The van der Waals surface area contributed by atoms with E-state index in [1.54, 1.807) is 30.3 Å². The van der Waals surface area contributed by atoms with Crippen LogP contribution >= 0.6 is 11.3 Å². The molecule has 0 radical (unpaired) electrons. The summed E-state index contributed by atoms with van der Waals surface area (Å²) in [5.74, 6) is -0.888. The molecule has 0 saturated carbocycles. The Morgan fingerprint density at radius 1 is 1.06 bits per heavy atom. The Hall–Kier alpha value is -3.92. The summed E-state index contributed by atoms with van der Waals surface area (Å²) in [4.78, 5) is 36.1. The summed E-state index contributed by atoms with van der Waals surface area (Å²) in [7, 11) is 2.78. The number of para-hydroxylation sites is 1. The zero-order chi connectivity index (χ0) is 23.3. The second-order valence-electron chi connectivity index (χ2n) is 6.70. The first-order valence-electron chi connectivity index (χ1n) is 9.41. The van der Waals surface area contributed by atoms with Crippen molar-refractivity contribution in [2.45, 2.75) is 12.8 Å². The summed E-state index contributed by atoms with van der Waals surface area (Å²) in [6.07, 6.45) is -0.331. The molecule has 0 aliphatic rings. The van der Waals surface area contributed by atoms with Crippen LogP contribution in [0.25, 0.3) is 10.4 Å². The number of carboxylic acid groups (broad SMARTS) is 1. The molecule has 9 nitrogen and oxygen atoms in total. The van der Waals surface area contributed by atoms with Gasteiger partial charge in [-0.15, -0.1) is 11.3 Å². The number of carboxylic acids is 1. The molecule has 0 aliphatic carbocycles. The number of benzene rings is 2. The SMILES string of the molecule is COc1cc(CC(=O)Nc2ccccc2-c2ccc(CC(=O)O)s2)c([N+](=O)[O-])cc1OC. The van der Waals surface area contributed by atoms with Crippen molar-refractivity contribution in [3.05, 3.63) is 69.1 Å². The zero-order valence-corrected chi connectivity index (χ0v) is 18.1. The fourth-order valence-electron chi connectivity index (χ4n) is 3.16. The number of nitro benzene ring substituents is 1. The molecule has 0 spiro atoms. The fourth-order valence-corrected chi connectivity index (χ4v) is 4.20. The molecule has 1 amide bonds. The van der Waals surface area contributed by atoms with Gasteiger partial charge in [0.25, 0.3) is 5.69 Å². The smallest absolute Gasteiger partial charge is 0.308 e. The van der Waals surface area contributed by atoms with Crippen molar-refractivity contribution in [3.8, 4) is 21.9 Å². The minimum absolute atomic E-state index is 0.0812. The number of carbonyl (C=O) groups is 2. The molecule has 0 atom stereocenters. The van der Waals surface area contributed by atoms with Gasteiger partial charge in [-0.1, -0.05) is 18.2 Å². The third-order valence-corrected chi connectivity index (χ3v) is 5.70. The largest absolute Gasteiger partial charge is 0.493 e. The Kier molecular flexibility index (Phi) is 7.06. The normalized spacial score (nSPS) is 10.4. The number of thiophene rings is 1. The zero-order valence-electron chi connectivity index (χ0n) is 17.3. The van der Waals surface area contributed by atoms with E-state index < -0.39 is 16.8 Å². The van der Waals surface area contributed by atoms with Crippen LogP contribution < -0.4 is 14.8 Å². The number of hydrogen-bond acceptors (Lipinski definition) is 7. The van der Waals surface area contributed by atoms with Crippen molar-refractivity contribution in [1.29, 1.82) is 0 Å². The van der Waals surface area contributed by atoms with Crippen molar-refractivity contribution in [2.75, 3.05) is 19.5 Å². The first-order valence-corrected chi connectivity index (χ1v) is 10.2. The summed E-state index contributed by atoms with van der Waals surface area (Å²) in [5.41, 5.74) is 1.18. The first-order chi connectivity index (χ1) is 15.3. The fraction of sp³-hybridized carbons (Fsp3) is 0.182. The van der Waals surface area contributed by atoms with Gasteiger partial charge in [0.15, 0.2) is 11.5 Å². The number of ether oxygens (including phenoxy) is 2. The maximum atomic E-state index is 12.8. The van der Waals surface area contributed by atoms with Gasteiger partial charge in [-0.05, 0) is 24.3 Å². The Morgan fingerprint density at radius 2 is 1.75 bits per heavy atom. The molecule has 2 N–H and O–H groups in total. The number of nitrogens with zero attached hydrogens (tertiary/aromatic N) is 1. The molecular weight excluding hydrogens is 436 g/mol. The van der Waals surface area contributed by atoms with Crippen LogP contribution in [0.5, 0.6) is 11.5 Å². The number of nitrogens with one attached hydrogen (secondary N) is 1. The molecule has 32 heavy (non-hydrogen) atoms. The van der Waals surface area contributed by atoms with Crippen LogP contribution in [0.15, 0.2) is 48.5 Å². The van der Waals surface area contributed by atoms with E-state index in [1.165, 1.54) is 37.7 Å². The van der Waals surface area contributed by atoms with Crippen molar-refractivity contribution in [3.63, 3.8) is 0 Å². The summed E-state index contributed by atoms with van der Waals surface area (Å²) >= 11 is 1.32. The average molecular weight is 456 g/mol. The van der Waals surface area contributed by atoms with Crippen molar-refractivity contribution in [2.24, 2.45) is 0 Å². The molecule has 3 aromatic rings. The lowest BCUT2D eigenvalue weighted by Crippen LogP contribution is -2.16. The summed E-state index contributed by atoms with van der Waals surface area (Å²) < 4.78 is 10.3. The summed E-state index contributed by atoms with van der Waals surface area (Å²) in [6.45, 7) is 0. The van der Waals surface area contributed by atoms with Crippen LogP contribution in [0.4, 0.5) is 11.4 Å². The van der Waals surface area contributed by atoms with Crippen LogP contribution in [0.1, 0.15) is 10.4 Å². The lowest BCUT2D eigenvalue weighted by molar-refractivity contribution is -0.385. The minimum atomic E-state index is -0.920. The summed E-state index contributed by atoms with van der Waals surface area (Å²) in [5, 5.41) is 23.3. The van der Waals surface area contributed by atoms with Gasteiger partial charge in [0.2, 0.25) is 5.91 Å². The maximum Gasteiger partial charge on any atom is 0.308 e. The lowest BCUT2D eigenvalue weighted by Gasteiger charge is -2.12. The van der Waals surface area contributed by atoms with Crippen molar-refractivity contribution < 1.29 is 29.1 Å². The Bertz CT molecular complexity index is 1170. The second-order valence-corrected chi connectivity index (χ2v) is 7.87. The van der Waals surface area contributed by atoms with Crippen molar-refractivity contribution in [1.82, 2.24) is 0 Å². The molecule has 0 saturated heterocycles. The van der Waals surface area contributed by atoms with E-state index in [-0.39, 0.29) is 35.6 Å². The molecule has 0 bridgehead atoms. The van der Waals surface area contributed by atoms with E-state index in [0.29, 0.717) is 10.6 Å². The number of aliphatic carboxylic acids is 1. The highest BCUT2D eigenvalue weighted by Gasteiger charge is 2.22. The highest BCUT2D eigenvalue weighted by molar-refractivity contribution is 7.15. The van der Waals surface area contributed by atoms with Crippen LogP contribution in [-0.4, -0.2) is 36.1 Å². The van der Waals surface area contributed by atoms with E-state index >= 15 is 0 Å². The lowest BCUT2D eigenvalue weighted by atomic mass is 10.1. The van der Waals surface area contributed by atoms with Gasteiger partial charge >= 0.3 is 5.97 Å².